The Bertz CT molecular complexity index is 1060. The zero-order valence-corrected chi connectivity index (χ0v) is 20.1. The van der Waals surface area contributed by atoms with E-state index in [1.54, 1.807) is 24.0 Å². The summed E-state index contributed by atoms with van der Waals surface area (Å²) >= 11 is 0. The maximum atomic E-state index is 14.9. The Balaban J connectivity index is 1.51. The van der Waals surface area contributed by atoms with Gasteiger partial charge in [-0.15, -0.1) is 0 Å². The molecule has 5 rings (SSSR count). The van der Waals surface area contributed by atoms with Gasteiger partial charge in [0.2, 0.25) is 0 Å². The van der Waals surface area contributed by atoms with E-state index in [0.717, 1.165) is 56.6 Å². The fourth-order valence-corrected chi connectivity index (χ4v) is 6.31. The number of piperidine rings is 1. The molecule has 4 atom stereocenters. The Hall–Kier alpha value is -2.93. The van der Waals surface area contributed by atoms with Gasteiger partial charge in [0.05, 0.1) is 17.5 Å². The molecule has 0 aromatic heterocycles. The zero-order chi connectivity index (χ0) is 24.5. The average Bonchev–Trinajstić information content (AvgIpc) is 3.32. The molecule has 7 heteroatoms. The number of fused-ring (bicyclic) bond motifs is 1. The molecule has 3 aliphatic rings. The smallest absolute Gasteiger partial charge is 0.308 e. The van der Waals surface area contributed by atoms with Crippen LogP contribution in [-0.2, 0) is 9.53 Å². The molecule has 1 amide bonds. The van der Waals surface area contributed by atoms with Crippen LogP contribution in [-0.4, -0.2) is 47.2 Å². The van der Waals surface area contributed by atoms with E-state index in [0.29, 0.717) is 18.0 Å². The molecule has 2 aromatic rings. The number of carboxylic acids is 1. The van der Waals surface area contributed by atoms with Crippen LogP contribution < -0.4 is 5.32 Å². The first-order valence-corrected chi connectivity index (χ1v) is 12.7. The topological polar surface area (TPSA) is 78.9 Å². The molecular formula is C28H33FN2O4. The predicted molar refractivity (Wildman–Crippen MR) is 131 cm³/mol. The second-order valence-electron chi connectivity index (χ2n) is 10.2. The number of halogens is 1. The zero-order valence-electron chi connectivity index (χ0n) is 20.1. The summed E-state index contributed by atoms with van der Waals surface area (Å²) in [6, 6.07) is 12.0. The van der Waals surface area contributed by atoms with E-state index in [2.05, 4.69) is 5.32 Å². The Morgan fingerprint density at radius 1 is 1.06 bits per heavy atom. The van der Waals surface area contributed by atoms with Gasteiger partial charge in [-0.2, -0.15) is 0 Å². The summed E-state index contributed by atoms with van der Waals surface area (Å²) in [5.74, 6) is -2.49. The van der Waals surface area contributed by atoms with Gasteiger partial charge in [-0.1, -0.05) is 30.7 Å². The third-order valence-electron chi connectivity index (χ3n) is 8.05. The number of carbonyl (C=O) groups excluding carboxylic acids is 1. The molecule has 1 aliphatic carbocycles. The van der Waals surface area contributed by atoms with Crippen LogP contribution in [0.1, 0.15) is 66.1 Å². The molecule has 2 aromatic carbocycles. The minimum atomic E-state index is -0.909. The van der Waals surface area contributed by atoms with E-state index in [9.17, 15) is 19.1 Å². The first-order valence-electron chi connectivity index (χ1n) is 12.7. The Kier molecular flexibility index (Phi) is 6.78. The molecule has 6 nitrogen and oxygen atoms in total. The second kappa shape index (κ2) is 9.97. The fourth-order valence-electron chi connectivity index (χ4n) is 6.31. The molecule has 3 fully saturated rings. The highest BCUT2D eigenvalue weighted by atomic mass is 19.1. The van der Waals surface area contributed by atoms with Crippen molar-refractivity contribution >= 4 is 17.6 Å². The summed E-state index contributed by atoms with van der Waals surface area (Å²) in [5.41, 5.74) is 2.36. The van der Waals surface area contributed by atoms with Gasteiger partial charge in [0.15, 0.2) is 0 Å². The highest BCUT2D eigenvalue weighted by molar-refractivity contribution is 5.97. The predicted octanol–water partition coefficient (Wildman–Crippen LogP) is 5.18. The lowest BCUT2D eigenvalue weighted by molar-refractivity contribution is -0.147. The fraction of sp³-hybridized carbons (Fsp3) is 0.500. The van der Waals surface area contributed by atoms with Crippen molar-refractivity contribution in [1.82, 2.24) is 4.90 Å². The van der Waals surface area contributed by atoms with Crippen LogP contribution in [0.3, 0.4) is 0 Å². The summed E-state index contributed by atoms with van der Waals surface area (Å²) in [7, 11) is 0. The molecule has 0 spiro atoms. The molecule has 2 N–H and O–H groups in total. The first kappa shape index (κ1) is 23.8. The monoisotopic (exact) mass is 480 g/mol. The number of rotatable bonds is 5. The molecule has 2 aliphatic heterocycles. The summed E-state index contributed by atoms with van der Waals surface area (Å²) in [6.45, 7) is 3.22. The second-order valence-corrected chi connectivity index (χ2v) is 10.2. The van der Waals surface area contributed by atoms with Gasteiger partial charge in [-0.25, -0.2) is 4.39 Å². The summed E-state index contributed by atoms with van der Waals surface area (Å²) in [5, 5.41) is 13.7. The summed E-state index contributed by atoms with van der Waals surface area (Å²) < 4.78 is 20.3. The molecule has 1 saturated carbocycles. The van der Waals surface area contributed by atoms with Gasteiger partial charge in [0, 0.05) is 31.0 Å². The minimum absolute atomic E-state index is 0.0481. The highest BCUT2D eigenvalue weighted by Crippen LogP contribution is 2.48. The van der Waals surface area contributed by atoms with Crippen LogP contribution in [0.4, 0.5) is 10.1 Å². The van der Waals surface area contributed by atoms with E-state index < -0.39 is 29.7 Å². The van der Waals surface area contributed by atoms with E-state index in [-0.39, 0.29) is 17.5 Å². The van der Waals surface area contributed by atoms with Crippen molar-refractivity contribution in [3.63, 3.8) is 0 Å². The molecule has 0 radical (unpaired) electrons. The van der Waals surface area contributed by atoms with Crippen molar-refractivity contribution < 1.29 is 23.8 Å². The highest BCUT2D eigenvalue weighted by Gasteiger charge is 2.50. The maximum Gasteiger partial charge on any atom is 0.308 e. The number of nitrogens with zero attached hydrogens (tertiary/aromatic N) is 1. The Morgan fingerprint density at radius 2 is 1.80 bits per heavy atom. The number of anilines is 1. The van der Waals surface area contributed by atoms with Crippen LogP contribution in [0, 0.1) is 24.6 Å². The van der Waals surface area contributed by atoms with Crippen molar-refractivity contribution in [1.29, 1.82) is 0 Å². The molecular weight excluding hydrogens is 447 g/mol. The van der Waals surface area contributed by atoms with Crippen LogP contribution >= 0.6 is 0 Å². The number of hydrogen-bond acceptors (Lipinski definition) is 4. The molecule has 35 heavy (non-hydrogen) atoms. The van der Waals surface area contributed by atoms with E-state index >= 15 is 0 Å². The quantitative estimate of drug-likeness (QED) is 0.616. The number of benzene rings is 2. The lowest BCUT2D eigenvalue weighted by atomic mass is 9.76. The number of likely N-dealkylation sites (tertiary alicyclic amines) is 1. The lowest BCUT2D eigenvalue weighted by Gasteiger charge is -2.47. The molecule has 2 heterocycles. The molecule has 2 saturated heterocycles. The third-order valence-corrected chi connectivity index (χ3v) is 8.05. The molecule has 0 unspecified atom stereocenters. The van der Waals surface area contributed by atoms with Crippen molar-refractivity contribution in [2.75, 3.05) is 18.5 Å². The van der Waals surface area contributed by atoms with Crippen LogP contribution in [0.2, 0.25) is 0 Å². The van der Waals surface area contributed by atoms with E-state index in [4.69, 9.17) is 4.74 Å². The number of carbonyl (C=O) groups is 2. The summed E-state index contributed by atoms with van der Waals surface area (Å²) in [4.78, 5) is 28.1. The number of ether oxygens (including phenoxy) is 1. The normalized spacial score (nSPS) is 26.9. The Morgan fingerprint density at radius 3 is 2.49 bits per heavy atom. The first-order chi connectivity index (χ1) is 16.9. The van der Waals surface area contributed by atoms with Gasteiger partial charge in [-0.05, 0) is 74.3 Å². The number of hydrogen-bond donors (Lipinski definition) is 2. The van der Waals surface area contributed by atoms with Crippen LogP contribution in [0.25, 0.3) is 0 Å². The Labute approximate surface area is 205 Å². The van der Waals surface area contributed by atoms with Gasteiger partial charge in [-0.3, -0.25) is 9.59 Å². The number of aliphatic carboxylic acids is 1. The van der Waals surface area contributed by atoms with Crippen LogP contribution in [0.15, 0.2) is 42.5 Å². The maximum absolute atomic E-state index is 14.9. The van der Waals surface area contributed by atoms with Crippen molar-refractivity contribution in [3.8, 4) is 0 Å². The summed E-state index contributed by atoms with van der Waals surface area (Å²) in [6.07, 6.45) is 5.08. The van der Waals surface area contributed by atoms with Gasteiger partial charge >= 0.3 is 5.97 Å². The molecule has 186 valence electrons. The SMILES string of the molecule is Cc1cccc(F)c1C(=O)N1[C@@H]2CCC[C@@H]2C[C@H](C(=O)O)[C@@H]1c1ccc(NC2CCOCC2)cc1. The number of amides is 1. The average molecular weight is 481 g/mol. The van der Waals surface area contributed by atoms with Crippen LogP contribution in [0.5, 0.6) is 0 Å². The number of carboxylic acid groups (broad SMARTS) is 1. The van der Waals surface area contributed by atoms with Crippen molar-refractivity contribution in [2.45, 2.75) is 63.6 Å². The van der Waals surface area contributed by atoms with Gasteiger partial charge in [0.1, 0.15) is 5.82 Å². The van der Waals surface area contributed by atoms with Crippen molar-refractivity contribution in [3.05, 3.63) is 65.0 Å². The van der Waals surface area contributed by atoms with E-state index in [1.807, 2.05) is 24.3 Å². The largest absolute Gasteiger partial charge is 0.481 e. The lowest BCUT2D eigenvalue weighted by Crippen LogP contribution is -2.53. The number of nitrogens with one attached hydrogen (secondary N) is 1. The van der Waals surface area contributed by atoms with Gasteiger partial charge < -0.3 is 20.1 Å². The van der Waals surface area contributed by atoms with Gasteiger partial charge in [0.25, 0.3) is 5.91 Å². The standard InChI is InChI=1S/C28H33FN2O4/c1-17-4-2-6-23(29)25(17)27(32)31-24-7-3-5-19(24)16-22(28(33)34)26(31)18-8-10-20(11-9-18)30-21-12-14-35-15-13-21/h2,4,6,8-11,19,21-22,24,26,30H,3,5,7,12-16H2,1H3,(H,33,34)/t19-,22+,24-,26+/m1/s1. The number of aryl methyl sites for hydroxylation is 1. The minimum Gasteiger partial charge on any atom is -0.481 e. The molecule has 0 bridgehead atoms. The van der Waals surface area contributed by atoms with Crippen molar-refractivity contribution in [2.24, 2.45) is 11.8 Å². The third kappa shape index (κ3) is 4.66. The van der Waals surface area contributed by atoms with E-state index in [1.165, 1.54) is 6.07 Å².